The van der Waals surface area contributed by atoms with Crippen molar-refractivity contribution in [3.05, 3.63) is 28.7 Å². The third kappa shape index (κ3) is 2.62. The molecule has 6 nitrogen and oxygen atoms in total. The SMILES string of the molecule is CNc1cnc(C(=O)Nc2nc(C)c(C)s2)cn1. The molecule has 0 spiro atoms. The van der Waals surface area contributed by atoms with Crippen LogP contribution in [0, 0.1) is 13.8 Å². The molecule has 2 N–H and O–H groups in total. The van der Waals surface area contributed by atoms with E-state index in [0.717, 1.165) is 10.6 Å². The van der Waals surface area contributed by atoms with E-state index in [1.807, 2.05) is 13.8 Å². The highest BCUT2D eigenvalue weighted by Crippen LogP contribution is 2.21. The van der Waals surface area contributed by atoms with Crippen LogP contribution < -0.4 is 10.6 Å². The lowest BCUT2D eigenvalue weighted by molar-refractivity contribution is 0.102. The molecule has 0 bridgehead atoms. The molecule has 0 aliphatic rings. The van der Waals surface area contributed by atoms with Gasteiger partial charge >= 0.3 is 0 Å². The molecule has 0 aliphatic carbocycles. The average Bonchev–Trinajstić information content (AvgIpc) is 2.68. The van der Waals surface area contributed by atoms with Gasteiger partial charge in [-0.05, 0) is 13.8 Å². The number of hydrogen-bond donors (Lipinski definition) is 2. The largest absolute Gasteiger partial charge is 0.372 e. The minimum Gasteiger partial charge on any atom is -0.372 e. The molecule has 2 aromatic heterocycles. The monoisotopic (exact) mass is 263 g/mol. The van der Waals surface area contributed by atoms with E-state index in [4.69, 9.17) is 0 Å². The van der Waals surface area contributed by atoms with Crippen LogP contribution in [0.15, 0.2) is 12.4 Å². The Hall–Kier alpha value is -2.02. The number of carbonyl (C=O) groups excluding carboxylic acids is 1. The fourth-order valence-electron chi connectivity index (χ4n) is 1.26. The van der Waals surface area contributed by atoms with E-state index < -0.39 is 0 Å². The van der Waals surface area contributed by atoms with Crippen molar-refractivity contribution < 1.29 is 4.79 Å². The van der Waals surface area contributed by atoms with Crippen LogP contribution >= 0.6 is 11.3 Å². The fourth-order valence-corrected chi connectivity index (χ4v) is 2.07. The van der Waals surface area contributed by atoms with E-state index >= 15 is 0 Å². The lowest BCUT2D eigenvalue weighted by atomic mass is 10.4. The second-order valence-electron chi connectivity index (χ2n) is 3.65. The van der Waals surface area contributed by atoms with Gasteiger partial charge in [-0.2, -0.15) is 0 Å². The van der Waals surface area contributed by atoms with Gasteiger partial charge < -0.3 is 5.32 Å². The first-order valence-electron chi connectivity index (χ1n) is 5.35. The second-order valence-corrected chi connectivity index (χ2v) is 4.85. The van der Waals surface area contributed by atoms with Crippen molar-refractivity contribution in [3.63, 3.8) is 0 Å². The number of hydrogen-bond acceptors (Lipinski definition) is 6. The zero-order valence-electron chi connectivity index (χ0n) is 10.3. The molecule has 0 aliphatic heterocycles. The summed E-state index contributed by atoms with van der Waals surface area (Å²) in [5.74, 6) is 0.311. The van der Waals surface area contributed by atoms with Crippen molar-refractivity contribution in [2.45, 2.75) is 13.8 Å². The highest BCUT2D eigenvalue weighted by Gasteiger charge is 2.11. The number of thiazole rings is 1. The molecule has 94 valence electrons. The Bertz CT molecular complexity index is 544. The molecule has 0 aromatic carbocycles. The average molecular weight is 263 g/mol. The van der Waals surface area contributed by atoms with E-state index in [9.17, 15) is 4.79 Å². The minimum absolute atomic E-state index is 0.263. The van der Waals surface area contributed by atoms with Crippen LogP contribution in [0.5, 0.6) is 0 Å². The summed E-state index contributed by atoms with van der Waals surface area (Å²) in [7, 11) is 1.74. The molecule has 0 atom stereocenters. The number of carbonyl (C=O) groups is 1. The molecule has 2 aromatic rings. The minimum atomic E-state index is -0.307. The van der Waals surface area contributed by atoms with Gasteiger partial charge in [0.2, 0.25) is 0 Å². The Balaban J connectivity index is 2.11. The molecular weight excluding hydrogens is 250 g/mol. The van der Waals surface area contributed by atoms with Crippen molar-refractivity contribution in [2.24, 2.45) is 0 Å². The maximum Gasteiger partial charge on any atom is 0.277 e. The van der Waals surface area contributed by atoms with Gasteiger partial charge in [-0.25, -0.2) is 15.0 Å². The first-order chi connectivity index (χ1) is 8.60. The van der Waals surface area contributed by atoms with Gasteiger partial charge in [-0.15, -0.1) is 11.3 Å². The fraction of sp³-hybridized carbons (Fsp3) is 0.273. The Kier molecular flexibility index (Phi) is 3.52. The highest BCUT2D eigenvalue weighted by atomic mass is 32.1. The van der Waals surface area contributed by atoms with Crippen molar-refractivity contribution in [2.75, 3.05) is 17.7 Å². The topological polar surface area (TPSA) is 79.8 Å². The summed E-state index contributed by atoms with van der Waals surface area (Å²) >= 11 is 1.44. The molecule has 1 amide bonds. The molecule has 0 saturated carbocycles. The van der Waals surface area contributed by atoms with E-state index in [1.165, 1.54) is 23.7 Å². The van der Waals surface area contributed by atoms with Gasteiger partial charge in [0, 0.05) is 11.9 Å². The predicted molar refractivity (Wildman–Crippen MR) is 71.1 cm³/mol. The normalized spacial score (nSPS) is 10.2. The summed E-state index contributed by atoms with van der Waals surface area (Å²) in [6.45, 7) is 3.87. The number of aryl methyl sites for hydroxylation is 2. The summed E-state index contributed by atoms with van der Waals surface area (Å²) in [6.07, 6.45) is 2.93. The highest BCUT2D eigenvalue weighted by molar-refractivity contribution is 7.15. The van der Waals surface area contributed by atoms with Crippen molar-refractivity contribution in [1.82, 2.24) is 15.0 Å². The smallest absolute Gasteiger partial charge is 0.277 e. The van der Waals surface area contributed by atoms with Crippen LogP contribution in [0.25, 0.3) is 0 Å². The molecule has 0 fully saturated rings. The quantitative estimate of drug-likeness (QED) is 0.883. The van der Waals surface area contributed by atoms with Gasteiger partial charge in [-0.3, -0.25) is 10.1 Å². The zero-order valence-corrected chi connectivity index (χ0v) is 11.1. The third-order valence-corrected chi connectivity index (χ3v) is 3.38. The van der Waals surface area contributed by atoms with Crippen molar-refractivity contribution >= 4 is 28.2 Å². The Labute approximate surface area is 109 Å². The van der Waals surface area contributed by atoms with Crippen LogP contribution in [0.2, 0.25) is 0 Å². The molecule has 0 unspecified atom stereocenters. The molecule has 0 radical (unpaired) electrons. The lowest BCUT2D eigenvalue weighted by Crippen LogP contribution is -2.14. The van der Waals surface area contributed by atoms with Gasteiger partial charge in [0.05, 0.1) is 18.1 Å². The molecule has 2 heterocycles. The maximum atomic E-state index is 11.9. The van der Waals surface area contributed by atoms with Gasteiger partial charge in [0.1, 0.15) is 11.5 Å². The first-order valence-corrected chi connectivity index (χ1v) is 6.17. The Morgan fingerprint density at radius 1 is 1.28 bits per heavy atom. The number of rotatable bonds is 3. The summed E-state index contributed by atoms with van der Waals surface area (Å²) in [4.78, 5) is 25.2. The van der Waals surface area contributed by atoms with Gasteiger partial charge in [-0.1, -0.05) is 0 Å². The van der Waals surface area contributed by atoms with Crippen LogP contribution in [0.4, 0.5) is 10.9 Å². The molecular formula is C11H13N5OS. The summed E-state index contributed by atoms with van der Waals surface area (Å²) in [5.41, 5.74) is 1.19. The van der Waals surface area contributed by atoms with Crippen LogP contribution in [-0.4, -0.2) is 27.9 Å². The second kappa shape index (κ2) is 5.09. The number of anilines is 2. The van der Waals surface area contributed by atoms with E-state index in [0.29, 0.717) is 10.9 Å². The number of aromatic nitrogens is 3. The van der Waals surface area contributed by atoms with Gasteiger partial charge in [0.15, 0.2) is 5.13 Å². The third-order valence-electron chi connectivity index (χ3n) is 2.39. The van der Waals surface area contributed by atoms with Crippen LogP contribution in [0.1, 0.15) is 21.1 Å². The van der Waals surface area contributed by atoms with E-state index in [2.05, 4.69) is 25.6 Å². The Morgan fingerprint density at radius 3 is 2.56 bits per heavy atom. The molecule has 7 heteroatoms. The van der Waals surface area contributed by atoms with Crippen LogP contribution in [0.3, 0.4) is 0 Å². The predicted octanol–water partition coefficient (Wildman–Crippen LogP) is 1.84. The zero-order chi connectivity index (χ0) is 13.1. The summed E-state index contributed by atoms with van der Waals surface area (Å²) in [6, 6.07) is 0. The van der Waals surface area contributed by atoms with Crippen molar-refractivity contribution in [1.29, 1.82) is 0 Å². The number of nitrogens with one attached hydrogen (secondary N) is 2. The van der Waals surface area contributed by atoms with Crippen molar-refractivity contribution in [3.8, 4) is 0 Å². The molecule has 18 heavy (non-hydrogen) atoms. The Morgan fingerprint density at radius 2 is 2.06 bits per heavy atom. The number of amides is 1. The lowest BCUT2D eigenvalue weighted by Gasteiger charge is -2.01. The van der Waals surface area contributed by atoms with Crippen LogP contribution in [-0.2, 0) is 0 Å². The van der Waals surface area contributed by atoms with E-state index in [-0.39, 0.29) is 11.6 Å². The molecule has 2 rings (SSSR count). The first kappa shape index (κ1) is 12.4. The van der Waals surface area contributed by atoms with E-state index in [1.54, 1.807) is 7.05 Å². The molecule has 0 saturated heterocycles. The number of nitrogens with zero attached hydrogens (tertiary/aromatic N) is 3. The maximum absolute atomic E-state index is 11.9. The summed E-state index contributed by atoms with van der Waals surface area (Å²) < 4.78 is 0. The van der Waals surface area contributed by atoms with Gasteiger partial charge in [0.25, 0.3) is 5.91 Å². The standard InChI is InChI=1S/C11H13N5OS/c1-6-7(2)18-11(15-6)16-10(17)8-4-14-9(12-3)5-13-8/h4-5H,1-3H3,(H,12,14)(H,15,16,17). The summed E-state index contributed by atoms with van der Waals surface area (Å²) in [5, 5.41) is 6.12.